The van der Waals surface area contributed by atoms with E-state index in [4.69, 9.17) is 13.3 Å². The van der Waals surface area contributed by atoms with Gasteiger partial charge in [0, 0.05) is 19.8 Å². The van der Waals surface area contributed by atoms with Gasteiger partial charge >= 0.3 is 8.80 Å². The first-order valence-corrected chi connectivity index (χ1v) is 11.5. The van der Waals surface area contributed by atoms with Gasteiger partial charge in [0.1, 0.15) is 5.67 Å². The van der Waals surface area contributed by atoms with Gasteiger partial charge in [-0.15, -0.1) is 0 Å². The largest absolute Gasteiger partial charge is 0.527 e. The zero-order chi connectivity index (χ0) is 18.1. The van der Waals surface area contributed by atoms with Crippen LogP contribution < -0.4 is 0 Å². The Kier molecular flexibility index (Phi) is 15.6. The molecule has 0 spiro atoms. The molecule has 0 aromatic heterocycles. The zero-order valence-corrected chi connectivity index (χ0v) is 17.1. The SMILES string of the molecule is CCCCCCCCCCC(N=C=O)[Si](OCC)(OCC)OCC. The van der Waals surface area contributed by atoms with Crippen molar-refractivity contribution in [3.05, 3.63) is 0 Å². The third kappa shape index (κ3) is 9.70. The van der Waals surface area contributed by atoms with Gasteiger partial charge in [-0.05, 0) is 27.2 Å². The van der Waals surface area contributed by atoms with Crippen molar-refractivity contribution < 1.29 is 18.1 Å². The summed E-state index contributed by atoms with van der Waals surface area (Å²) in [6.45, 7) is 9.46. The lowest BCUT2D eigenvalue weighted by Crippen LogP contribution is -2.55. The van der Waals surface area contributed by atoms with Crippen molar-refractivity contribution in [2.45, 2.75) is 91.1 Å². The van der Waals surface area contributed by atoms with Crippen LogP contribution in [0.15, 0.2) is 4.99 Å². The molecule has 6 heteroatoms. The van der Waals surface area contributed by atoms with Gasteiger partial charge < -0.3 is 13.3 Å². The third-order valence-corrected chi connectivity index (χ3v) is 7.29. The molecule has 0 rings (SSSR count). The molecule has 0 aromatic rings. The molecule has 0 heterocycles. The fourth-order valence-corrected chi connectivity index (χ4v) is 5.68. The van der Waals surface area contributed by atoms with Crippen LogP contribution in [0.1, 0.15) is 85.5 Å². The summed E-state index contributed by atoms with van der Waals surface area (Å²) in [5, 5.41) is 0. The van der Waals surface area contributed by atoms with Crippen LogP contribution in [0.4, 0.5) is 0 Å². The summed E-state index contributed by atoms with van der Waals surface area (Å²) in [5.41, 5.74) is -0.338. The van der Waals surface area contributed by atoms with Crippen molar-refractivity contribution in [3.63, 3.8) is 0 Å². The number of nitrogens with zero attached hydrogens (tertiary/aromatic N) is 1. The first-order chi connectivity index (χ1) is 11.7. The standard InChI is InChI=1S/C18H37NO4Si/c1-5-9-10-11-12-13-14-15-16-18(19-17-20)24(21-6-2,22-7-3)23-8-4/h18H,5-16H2,1-4H3. The smallest absolute Gasteiger partial charge is 0.372 e. The summed E-state index contributed by atoms with van der Waals surface area (Å²) in [4.78, 5) is 14.9. The van der Waals surface area contributed by atoms with Gasteiger partial charge in [0.25, 0.3) is 0 Å². The number of hydrogen-bond acceptors (Lipinski definition) is 5. The van der Waals surface area contributed by atoms with E-state index in [1.165, 1.54) is 38.5 Å². The molecular formula is C18H37NO4Si. The molecular weight excluding hydrogens is 322 g/mol. The number of hydrogen-bond donors (Lipinski definition) is 0. The molecule has 1 atom stereocenters. The zero-order valence-electron chi connectivity index (χ0n) is 16.1. The molecule has 5 nitrogen and oxygen atoms in total. The lowest BCUT2D eigenvalue weighted by atomic mass is 10.1. The van der Waals surface area contributed by atoms with Crippen LogP contribution in [-0.4, -0.2) is 40.4 Å². The van der Waals surface area contributed by atoms with E-state index in [1.807, 2.05) is 20.8 Å². The Morgan fingerprint density at radius 2 is 1.25 bits per heavy atom. The van der Waals surface area contributed by atoms with E-state index in [9.17, 15) is 4.79 Å². The fraction of sp³-hybridized carbons (Fsp3) is 0.944. The second-order valence-electron chi connectivity index (χ2n) is 5.90. The Hall–Kier alpha value is -0.523. The van der Waals surface area contributed by atoms with Crippen molar-refractivity contribution in [2.75, 3.05) is 19.8 Å². The summed E-state index contributed by atoms with van der Waals surface area (Å²) in [5.74, 6) is 0. The van der Waals surface area contributed by atoms with Crippen LogP contribution in [0.5, 0.6) is 0 Å². The maximum Gasteiger partial charge on any atom is 0.527 e. The Bertz CT molecular complexity index is 318. The molecule has 142 valence electrons. The molecule has 0 radical (unpaired) electrons. The predicted octanol–water partition coefficient (Wildman–Crippen LogP) is 4.81. The minimum atomic E-state index is -2.96. The van der Waals surface area contributed by atoms with Crippen molar-refractivity contribution in [1.29, 1.82) is 0 Å². The van der Waals surface area contributed by atoms with Crippen molar-refractivity contribution in [1.82, 2.24) is 0 Å². The summed E-state index contributed by atoms with van der Waals surface area (Å²) in [6, 6.07) is 0. The number of aliphatic imine (C=N–C) groups is 1. The van der Waals surface area contributed by atoms with Crippen LogP contribution >= 0.6 is 0 Å². The summed E-state index contributed by atoms with van der Waals surface area (Å²) >= 11 is 0. The van der Waals surface area contributed by atoms with Gasteiger partial charge in [0.05, 0.1) is 0 Å². The van der Waals surface area contributed by atoms with Gasteiger partial charge in [0.2, 0.25) is 6.08 Å². The van der Waals surface area contributed by atoms with Gasteiger partial charge in [-0.2, -0.15) is 4.99 Å². The van der Waals surface area contributed by atoms with E-state index in [0.29, 0.717) is 19.8 Å². The van der Waals surface area contributed by atoms with E-state index < -0.39 is 8.80 Å². The van der Waals surface area contributed by atoms with Crippen molar-refractivity contribution in [3.8, 4) is 0 Å². The van der Waals surface area contributed by atoms with Crippen LogP contribution in [0.2, 0.25) is 0 Å². The number of carbonyl (C=O) groups excluding carboxylic acids is 1. The lowest BCUT2D eigenvalue weighted by molar-refractivity contribution is 0.0613. The molecule has 0 aliphatic heterocycles. The normalized spacial score (nSPS) is 12.8. The van der Waals surface area contributed by atoms with E-state index in [2.05, 4.69) is 11.9 Å². The quantitative estimate of drug-likeness (QED) is 0.162. The maximum absolute atomic E-state index is 10.9. The molecule has 0 aliphatic carbocycles. The molecule has 0 amide bonds. The molecule has 0 fully saturated rings. The average molecular weight is 360 g/mol. The minimum Gasteiger partial charge on any atom is -0.372 e. The average Bonchev–Trinajstić information content (AvgIpc) is 2.57. The van der Waals surface area contributed by atoms with E-state index in [-0.39, 0.29) is 5.67 Å². The highest BCUT2D eigenvalue weighted by Gasteiger charge is 2.49. The molecule has 0 aliphatic rings. The Morgan fingerprint density at radius 1 is 0.792 bits per heavy atom. The number of unbranched alkanes of at least 4 members (excludes halogenated alkanes) is 7. The first-order valence-electron chi connectivity index (χ1n) is 9.69. The van der Waals surface area contributed by atoms with Crippen LogP contribution in [0, 0.1) is 0 Å². The highest BCUT2D eigenvalue weighted by Crippen LogP contribution is 2.23. The van der Waals surface area contributed by atoms with Gasteiger partial charge in [-0.3, -0.25) is 0 Å². The van der Waals surface area contributed by atoms with E-state index in [0.717, 1.165) is 19.3 Å². The van der Waals surface area contributed by atoms with Gasteiger partial charge in [0.15, 0.2) is 0 Å². The Balaban J connectivity index is 4.48. The van der Waals surface area contributed by atoms with Gasteiger partial charge in [-0.1, -0.05) is 58.3 Å². The maximum atomic E-state index is 10.9. The minimum absolute atomic E-state index is 0.338. The lowest BCUT2D eigenvalue weighted by Gasteiger charge is -2.32. The van der Waals surface area contributed by atoms with E-state index in [1.54, 1.807) is 6.08 Å². The summed E-state index contributed by atoms with van der Waals surface area (Å²) in [6.07, 6.45) is 12.4. The molecule has 1 unspecified atom stereocenters. The Labute approximate surface area is 149 Å². The fourth-order valence-electron chi connectivity index (χ4n) is 2.87. The molecule has 0 aromatic carbocycles. The van der Waals surface area contributed by atoms with Crippen LogP contribution in [0.25, 0.3) is 0 Å². The molecule has 0 N–H and O–H groups in total. The highest BCUT2D eigenvalue weighted by atomic mass is 28.4. The molecule has 0 saturated heterocycles. The summed E-state index contributed by atoms with van der Waals surface area (Å²) in [7, 11) is -2.96. The predicted molar refractivity (Wildman–Crippen MR) is 99.8 cm³/mol. The van der Waals surface area contributed by atoms with Crippen LogP contribution in [-0.2, 0) is 18.1 Å². The molecule has 0 saturated carbocycles. The third-order valence-electron chi connectivity index (χ3n) is 3.98. The van der Waals surface area contributed by atoms with Crippen LogP contribution in [0.3, 0.4) is 0 Å². The number of isocyanates is 1. The van der Waals surface area contributed by atoms with Gasteiger partial charge in [-0.25, -0.2) is 4.79 Å². The highest BCUT2D eigenvalue weighted by molar-refractivity contribution is 6.62. The Morgan fingerprint density at radius 3 is 1.67 bits per heavy atom. The second kappa shape index (κ2) is 16.0. The van der Waals surface area contributed by atoms with Crippen molar-refractivity contribution >= 4 is 14.9 Å². The topological polar surface area (TPSA) is 57.1 Å². The summed E-state index contributed by atoms with van der Waals surface area (Å²) < 4.78 is 17.6. The first kappa shape index (κ1) is 23.5. The van der Waals surface area contributed by atoms with Crippen molar-refractivity contribution in [2.24, 2.45) is 4.99 Å². The molecule has 0 bridgehead atoms. The number of rotatable bonds is 17. The monoisotopic (exact) mass is 359 g/mol. The molecule has 24 heavy (non-hydrogen) atoms. The van der Waals surface area contributed by atoms with E-state index >= 15 is 0 Å². The second-order valence-corrected chi connectivity index (χ2v) is 8.64.